The van der Waals surface area contributed by atoms with Crippen molar-refractivity contribution >= 4 is 29.2 Å². The summed E-state index contributed by atoms with van der Waals surface area (Å²) in [5.41, 5.74) is -0.727. The van der Waals surface area contributed by atoms with Crippen LogP contribution in [0.4, 0.5) is 23.7 Å². The minimum Gasteiger partial charge on any atom is -0.375 e. The number of hydrogen-bond acceptors (Lipinski definition) is 3. The van der Waals surface area contributed by atoms with Gasteiger partial charge in [0.15, 0.2) is 0 Å². The molecule has 0 aliphatic heterocycles. The van der Waals surface area contributed by atoms with Gasteiger partial charge in [-0.05, 0) is 18.2 Å². The zero-order valence-electron chi connectivity index (χ0n) is 10.3. The third-order valence-electron chi connectivity index (χ3n) is 2.22. The quantitative estimate of drug-likeness (QED) is 0.802. The molecule has 1 rings (SSSR count). The number of carbonyl (C=O) groups is 2. The first-order chi connectivity index (χ1) is 9.24. The average molecular weight is 310 g/mol. The maximum Gasteiger partial charge on any atom is 0.416 e. The average Bonchev–Trinajstić information content (AvgIpc) is 2.35. The Labute approximate surface area is 117 Å². The summed E-state index contributed by atoms with van der Waals surface area (Å²) in [5.74, 6) is -0.652. The molecule has 0 saturated heterocycles. The monoisotopic (exact) mass is 309 g/mol. The molecule has 0 spiro atoms. The largest absolute Gasteiger partial charge is 0.416 e. The Balaban J connectivity index is 2.66. The van der Waals surface area contributed by atoms with Crippen LogP contribution in [0.5, 0.6) is 0 Å². The summed E-state index contributed by atoms with van der Waals surface area (Å²) in [6.07, 6.45) is -4.49. The van der Waals surface area contributed by atoms with Crippen molar-refractivity contribution in [2.45, 2.75) is 6.18 Å². The van der Waals surface area contributed by atoms with Crippen molar-refractivity contribution in [2.24, 2.45) is 0 Å². The zero-order chi connectivity index (χ0) is 15.3. The predicted molar refractivity (Wildman–Crippen MR) is 67.5 cm³/mol. The number of amides is 3. The number of benzene rings is 1. The Morgan fingerprint density at radius 3 is 2.45 bits per heavy atom. The number of anilines is 1. The number of imide groups is 1. The van der Waals surface area contributed by atoms with Gasteiger partial charge < -0.3 is 10.6 Å². The molecule has 5 nitrogen and oxygen atoms in total. The minimum atomic E-state index is -4.49. The molecule has 3 N–H and O–H groups in total. The molecular formula is C11H11ClF3N3O2. The van der Waals surface area contributed by atoms with E-state index in [9.17, 15) is 22.8 Å². The zero-order valence-corrected chi connectivity index (χ0v) is 11.0. The summed E-state index contributed by atoms with van der Waals surface area (Å²) in [5, 5.41) is 6.52. The highest BCUT2D eigenvalue weighted by Gasteiger charge is 2.30. The Kier molecular flexibility index (Phi) is 5.20. The molecule has 1 aromatic rings. The van der Waals surface area contributed by atoms with Gasteiger partial charge in [0.2, 0.25) is 5.91 Å². The number of urea groups is 1. The van der Waals surface area contributed by atoms with E-state index in [4.69, 9.17) is 11.6 Å². The van der Waals surface area contributed by atoms with Gasteiger partial charge >= 0.3 is 12.2 Å². The van der Waals surface area contributed by atoms with Crippen LogP contribution in [0.1, 0.15) is 5.56 Å². The molecule has 0 radical (unpaired) electrons. The smallest absolute Gasteiger partial charge is 0.375 e. The molecular weight excluding hydrogens is 299 g/mol. The Hall–Kier alpha value is -1.96. The number of halogens is 4. The van der Waals surface area contributed by atoms with Gasteiger partial charge in [0.1, 0.15) is 0 Å². The first-order valence-corrected chi connectivity index (χ1v) is 5.74. The van der Waals surface area contributed by atoms with Crippen molar-refractivity contribution in [3.8, 4) is 0 Å². The number of carbonyl (C=O) groups excluding carboxylic acids is 2. The summed E-state index contributed by atoms with van der Waals surface area (Å²) in [6.45, 7) is -0.307. The fraction of sp³-hybridized carbons (Fsp3) is 0.273. The van der Waals surface area contributed by atoms with Crippen molar-refractivity contribution in [1.82, 2.24) is 10.6 Å². The highest BCUT2D eigenvalue weighted by atomic mass is 35.5. The molecule has 0 aliphatic rings. The lowest BCUT2D eigenvalue weighted by molar-refractivity contribution is -0.137. The molecule has 110 valence electrons. The van der Waals surface area contributed by atoms with E-state index in [1.807, 2.05) is 5.32 Å². The Morgan fingerprint density at radius 1 is 1.30 bits per heavy atom. The first kappa shape index (κ1) is 16.1. The number of nitrogens with one attached hydrogen (secondary N) is 3. The highest BCUT2D eigenvalue weighted by Crippen LogP contribution is 2.33. The standard InChI is InChI=1S/C11H11ClF3N3O2/c1-16-10(20)18-9(19)5-17-8-3-2-6(4-7(8)12)11(13,14)15/h2-4,17H,5H2,1H3,(H2,16,18,19,20). The predicted octanol–water partition coefficient (Wildman–Crippen LogP) is 2.23. The van der Waals surface area contributed by atoms with Crippen LogP contribution >= 0.6 is 11.6 Å². The second-order valence-electron chi connectivity index (χ2n) is 3.67. The van der Waals surface area contributed by atoms with Crippen LogP contribution in [0, 0.1) is 0 Å². The molecule has 3 amide bonds. The van der Waals surface area contributed by atoms with Crippen molar-refractivity contribution < 1.29 is 22.8 Å². The van der Waals surface area contributed by atoms with Crippen LogP contribution in [0.2, 0.25) is 5.02 Å². The van der Waals surface area contributed by atoms with E-state index in [0.29, 0.717) is 0 Å². The molecule has 0 atom stereocenters. The highest BCUT2D eigenvalue weighted by molar-refractivity contribution is 6.33. The molecule has 0 bridgehead atoms. The van der Waals surface area contributed by atoms with E-state index in [1.54, 1.807) is 0 Å². The summed E-state index contributed by atoms with van der Waals surface area (Å²) in [4.78, 5) is 22.1. The van der Waals surface area contributed by atoms with Gasteiger partial charge in [-0.25, -0.2) is 4.79 Å². The Bertz CT molecular complexity index is 520. The Morgan fingerprint density at radius 2 is 1.95 bits per heavy atom. The minimum absolute atomic E-state index is 0.159. The van der Waals surface area contributed by atoms with E-state index in [1.165, 1.54) is 7.05 Å². The van der Waals surface area contributed by atoms with E-state index in [-0.39, 0.29) is 17.3 Å². The second kappa shape index (κ2) is 6.47. The van der Waals surface area contributed by atoms with Crippen molar-refractivity contribution in [1.29, 1.82) is 0 Å². The summed E-state index contributed by atoms with van der Waals surface area (Å²) < 4.78 is 37.2. The second-order valence-corrected chi connectivity index (χ2v) is 4.08. The first-order valence-electron chi connectivity index (χ1n) is 5.36. The third kappa shape index (κ3) is 4.61. The lowest BCUT2D eigenvalue weighted by Gasteiger charge is -2.11. The van der Waals surface area contributed by atoms with Gasteiger partial charge in [-0.15, -0.1) is 0 Å². The molecule has 1 aromatic carbocycles. The van der Waals surface area contributed by atoms with Gasteiger partial charge in [-0.2, -0.15) is 13.2 Å². The molecule has 0 saturated carbocycles. The molecule has 0 unspecified atom stereocenters. The maximum absolute atomic E-state index is 12.4. The molecule has 0 heterocycles. The van der Waals surface area contributed by atoms with Gasteiger partial charge in [0.25, 0.3) is 0 Å². The van der Waals surface area contributed by atoms with Crippen molar-refractivity contribution in [2.75, 3.05) is 18.9 Å². The fourth-order valence-corrected chi connectivity index (χ4v) is 1.49. The summed E-state index contributed by atoms with van der Waals surface area (Å²) in [6, 6.07) is 2.01. The van der Waals surface area contributed by atoms with Crippen LogP contribution in [0.25, 0.3) is 0 Å². The van der Waals surface area contributed by atoms with Crippen LogP contribution < -0.4 is 16.0 Å². The van der Waals surface area contributed by atoms with Crippen molar-refractivity contribution in [3.63, 3.8) is 0 Å². The normalized spacial score (nSPS) is 10.8. The number of rotatable bonds is 3. The third-order valence-corrected chi connectivity index (χ3v) is 2.53. The van der Waals surface area contributed by atoms with Gasteiger partial charge in [0, 0.05) is 7.05 Å². The lowest BCUT2D eigenvalue weighted by Crippen LogP contribution is -2.40. The fourth-order valence-electron chi connectivity index (χ4n) is 1.24. The van der Waals surface area contributed by atoms with E-state index in [2.05, 4.69) is 10.6 Å². The molecule has 20 heavy (non-hydrogen) atoms. The molecule has 0 aromatic heterocycles. The van der Waals surface area contributed by atoms with Crippen LogP contribution in [-0.4, -0.2) is 25.5 Å². The van der Waals surface area contributed by atoms with E-state index in [0.717, 1.165) is 18.2 Å². The van der Waals surface area contributed by atoms with Crippen molar-refractivity contribution in [3.05, 3.63) is 28.8 Å². The van der Waals surface area contributed by atoms with Crippen LogP contribution in [-0.2, 0) is 11.0 Å². The summed E-state index contributed by atoms with van der Waals surface area (Å²) >= 11 is 5.68. The van der Waals surface area contributed by atoms with Gasteiger partial charge in [-0.3, -0.25) is 10.1 Å². The van der Waals surface area contributed by atoms with E-state index < -0.39 is 23.7 Å². The van der Waals surface area contributed by atoms with Gasteiger partial charge in [0.05, 0.1) is 22.8 Å². The molecule has 0 fully saturated rings. The van der Waals surface area contributed by atoms with Crippen LogP contribution in [0.15, 0.2) is 18.2 Å². The topological polar surface area (TPSA) is 70.2 Å². The maximum atomic E-state index is 12.4. The SMILES string of the molecule is CNC(=O)NC(=O)CNc1ccc(C(F)(F)F)cc1Cl. The number of alkyl halides is 3. The molecule has 0 aliphatic carbocycles. The van der Waals surface area contributed by atoms with Crippen LogP contribution in [0.3, 0.4) is 0 Å². The van der Waals surface area contributed by atoms with E-state index >= 15 is 0 Å². The molecule has 9 heteroatoms. The number of hydrogen-bond donors (Lipinski definition) is 3. The lowest BCUT2D eigenvalue weighted by atomic mass is 10.2. The summed E-state index contributed by atoms with van der Waals surface area (Å²) in [7, 11) is 1.34. The van der Waals surface area contributed by atoms with Gasteiger partial charge in [-0.1, -0.05) is 11.6 Å².